The fourth-order valence-electron chi connectivity index (χ4n) is 3.26. The Morgan fingerprint density at radius 1 is 0.769 bits per heavy atom. The van der Waals surface area contributed by atoms with Gasteiger partial charge in [0.2, 0.25) is 23.3 Å². The Kier molecular flexibility index (Phi) is 6.98. The fraction of sp³-hybridized carbons (Fsp3) is 0.0400. The lowest BCUT2D eigenvalue weighted by atomic mass is 10.2. The van der Waals surface area contributed by atoms with Crippen LogP contribution in [0.4, 0.5) is 0 Å². The van der Waals surface area contributed by atoms with E-state index < -0.39 is 11.9 Å². The Hall–Kier alpha value is -5.92. The lowest BCUT2D eigenvalue weighted by Gasteiger charge is -1.95. The number of carbonyl (C=O) groups is 2. The predicted octanol–water partition coefficient (Wildman–Crippen LogP) is 3.33. The molecule has 6 heterocycles. The van der Waals surface area contributed by atoms with Crippen molar-refractivity contribution in [2.24, 2.45) is 0 Å². The summed E-state index contributed by atoms with van der Waals surface area (Å²) in [5.41, 5.74) is 2.95. The summed E-state index contributed by atoms with van der Waals surface area (Å²) in [5.74, 6) is -1.02. The van der Waals surface area contributed by atoms with Crippen molar-refractivity contribution in [1.82, 2.24) is 40.0 Å². The number of pyridine rings is 2. The summed E-state index contributed by atoms with van der Waals surface area (Å²) in [6.45, 7) is 0. The van der Waals surface area contributed by atoms with Crippen LogP contribution in [0.5, 0.6) is 0 Å². The van der Waals surface area contributed by atoms with Crippen molar-refractivity contribution in [2.75, 3.05) is 7.11 Å². The number of carboxylic acids is 1. The number of esters is 1. The first kappa shape index (κ1) is 24.8. The zero-order valence-electron chi connectivity index (χ0n) is 20.1. The Bertz CT molecular complexity index is 1700. The van der Waals surface area contributed by atoms with Crippen molar-refractivity contribution in [3.8, 4) is 34.3 Å². The molecule has 194 valence electrons. The molecule has 0 saturated carbocycles. The van der Waals surface area contributed by atoms with Gasteiger partial charge >= 0.3 is 11.9 Å². The molecule has 6 aromatic rings. The zero-order chi connectivity index (χ0) is 27.2. The Morgan fingerprint density at radius 3 is 1.72 bits per heavy atom. The first-order valence-electron chi connectivity index (χ1n) is 11.2. The lowest BCUT2D eigenvalue weighted by molar-refractivity contribution is 0.0564. The largest absolute Gasteiger partial charge is 0.475 e. The number of ether oxygens (including phenoxy) is 1. The van der Waals surface area contributed by atoms with E-state index in [9.17, 15) is 9.59 Å². The highest BCUT2D eigenvalue weighted by Gasteiger charge is 2.14. The number of furan rings is 2. The van der Waals surface area contributed by atoms with Crippen molar-refractivity contribution >= 4 is 11.9 Å². The topological polar surface area (TPSA) is 177 Å². The van der Waals surface area contributed by atoms with E-state index in [0.29, 0.717) is 23.2 Å². The average Bonchev–Trinajstić information content (AvgIpc) is 3.79. The normalized spacial score (nSPS) is 10.5. The summed E-state index contributed by atoms with van der Waals surface area (Å²) in [6.07, 6.45) is 10.0. The molecule has 0 aliphatic carbocycles. The maximum atomic E-state index is 11.3. The van der Waals surface area contributed by atoms with Crippen molar-refractivity contribution in [2.45, 2.75) is 0 Å². The smallest absolute Gasteiger partial charge is 0.374 e. The van der Waals surface area contributed by atoms with E-state index in [0.717, 1.165) is 11.1 Å². The van der Waals surface area contributed by atoms with Gasteiger partial charge in [-0.3, -0.25) is 9.97 Å². The van der Waals surface area contributed by atoms with Crippen LogP contribution in [0.25, 0.3) is 34.3 Å². The second-order valence-electron chi connectivity index (χ2n) is 7.65. The molecule has 0 aliphatic rings. The second-order valence-corrected chi connectivity index (χ2v) is 7.65. The van der Waals surface area contributed by atoms with Crippen LogP contribution in [0.2, 0.25) is 0 Å². The van der Waals surface area contributed by atoms with Gasteiger partial charge in [-0.15, -0.1) is 10.2 Å². The van der Waals surface area contributed by atoms with Crippen LogP contribution in [-0.4, -0.2) is 64.1 Å². The Morgan fingerprint density at radius 2 is 1.28 bits per heavy atom. The van der Waals surface area contributed by atoms with Crippen LogP contribution in [0.15, 0.2) is 94.5 Å². The maximum absolute atomic E-state index is 11.3. The van der Waals surface area contributed by atoms with Crippen molar-refractivity contribution in [1.29, 1.82) is 0 Å². The van der Waals surface area contributed by atoms with Crippen molar-refractivity contribution in [3.63, 3.8) is 0 Å². The number of hydrogen-bond acceptors (Lipinski definition) is 11. The molecule has 6 aromatic heterocycles. The first-order valence-corrected chi connectivity index (χ1v) is 11.2. The highest BCUT2D eigenvalue weighted by Crippen LogP contribution is 2.19. The van der Waals surface area contributed by atoms with Gasteiger partial charge < -0.3 is 18.7 Å². The Labute approximate surface area is 219 Å². The van der Waals surface area contributed by atoms with E-state index in [4.69, 9.17) is 13.9 Å². The monoisotopic (exact) mass is 526 g/mol. The number of methoxy groups -OCH3 is 1. The molecule has 0 atom stereocenters. The number of hydrogen-bond donors (Lipinski definition) is 1. The van der Waals surface area contributed by atoms with Gasteiger partial charge in [-0.05, 0) is 36.4 Å². The highest BCUT2D eigenvalue weighted by atomic mass is 16.5. The van der Waals surface area contributed by atoms with Crippen LogP contribution in [0, 0.1) is 0 Å². The van der Waals surface area contributed by atoms with E-state index >= 15 is 0 Å². The molecule has 39 heavy (non-hydrogen) atoms. The van der Waals surface area contributed by atoms with E-state index in [2.05, 4.69) is 35.3 Å². The summed E-state index contributed by atoms with van der Waals surface area (Å²) >= 11 is 0. The number of rotatable bonds is 6. The number of carbonyl (C=O) groups excluding carboxylic acids is 1. The van der Waals surface area contributed by atoms with Crippen LogP contribution in [0.3, 0.4) is 0 Å². The predicted molar refractivity (Wildman–Crippen MR) is 132 cm³/mol. The molecule has 0 aliphatic heterocycles. The molecule has 0 aromatic carbocycles. The third-order valence-corrected chi connectivity index (χ3v) is 5.13. The van der Waals surface area contributed by atoms with Gasteiger partial charge in [-0.1, -0.05) is 10.4 Å². The van der Waals surface area contributed by atoms with Gasteiger partial charge in [0.25, 0.3) is 0 Å². The minimum Gasteiger partial charge on any atom is -0.475 e. The van der Waals surface area contributed by atoms with Crippen LogP contribution in [0.1, 0.15) is 21.1 Å². The number of carboxylic acid groups (broad SMARTS) is 1. The van der Waals surface area contributed by atoms with Gasteiger partial charge in [0, 0.05) is 48.0 Å². The average molecular weight is 526 g/mol. The molecule has 14 heteroatoms. The lowest BCUT2D eigenvalue weighted by Crippen LogP contribution is -1.99. The van der Waals surface area contributed by atoms with Gasteiger partial charge in [0.1, 0.15) is 11.4 Å². The van der Waals surface area contributed by atoms with E-state index in [1.165, 1.54) is 34.7 Å². The van der Waals surface area contributed by atoms with Crippen LogP contribution < -0.4 is 0 Å². The van der Waals surface area contributed by atoms with Crippen molar-refractivity contribution in [3.05, 3.63) is 97.2 Å². The molecule has 14 nitrogen and oxygen atoms in total. The number of aromatic carboxylic acids is 1. The second kappa shape index (κ2) is 11.0. The SMILES string of the molecule is COC(=O)c1ccc(-n2cc(-c3cccnc3)nn2)o1.O=C(O)c1ccc(-n2cc(-c3cccnc3)nn2)o1. The number of aromatic nitrogens is 8. The molecule has 0 spiro atoms. The summed E-state index contributed by atoms with van der Waals surface area (Å²) in [6, 6.07) is 13.4. The van der Waals surface area contributed by atoms with E-state index in [1.807, 2.05) is 18.2 Å². The van der Waals surface area contributed by atoms with E-state index in [1.54, 1.807) is 49.3 Å². The quantitative estimate of drug-likeness (QED) is 0.314. The Balaban J connectivity index is 0.000000158. The fourth-order valence-corrected chi connectivity index (χ4v) is 3.26. The van der Waals surface area contributed by atoms with Crippen LogP contribution in [-0.2, 0) is 4.74 Å². The minimum absolute atomic E-state index is 0.112. The van der Waals surface area contributed by atoms with Gasteiger partial charge in [0.05, 0.1) is 19.5 Å². The maximum Gasteiger partial charge on any atom is 0.374 e. The summed E-state index contributed by atoms with van der Waals surface area (Å²) < 4.78 is 17.9. The molecule has 0 fully saturated rings. The molecule has 0 bridgehead atoms. The van der Waals surface area contributed by atoms with Gasteiger partial charge in [0.15, 0.2) is 0 Å². The highest BCUT2D eigenvalue weighted by molar-refractivity contribution is 5.86. The van der Waals surface area contributed by atoms with Crippen LogP contribution >= 0.6 is 0 Å². The summed E-state index contributed by atoms with van der Waals surface area (Å²) in [5, 5.41) is 24.6. The first-order chi connectivity index (χ1) is 19.0. The van der Waals surface area contributed by atoms with E-state index in [-0.39, 0.29) is 11.5 Å². The molecular formula is C25H18N8O6. The molecule has 0 saturated heterocycles. The molecular weight excluding hydrogens is 508 g/mol. The summed E-state index contributed by atoms with van der Waals surface area (Å²) in [7, 11) is 1.29. The van der Waals surface area contributed by atoms with Gasteiger partial charge in [-0.25, -0.2) is 9.59 Å². The molecule has 6 rings (SSSR count). The third-order valence-electron chi connectivity index (χ3n) is 5.13. The zero-order valence-corrected chi connectivity index (χ0v) is 20.1. The van der Waals surface area contributed by atoms with Gasteiger partial charge in [-0.2, -0.15) is 9.36 Å². The third kappa shape index (κ3) is 5.59. The molecule has 0 amide bonds. The molecule has 0 unspecified atom stereocenters. The van der Waals surface area contributed by atoms with Crippen molar-refractivity contribution < 1.29 is 28.3 Å². The standard InChI is InChI=1S/C13H10N4O3.C12H8N4O3/c1-19-13(18)11-4-5-12(20-11)17-8-10(15-16-17)9-3-2-6-14-7-9;17-12(18)10-3-4-11(19-10)16-7-9(14-15-16)8-2-1-5-13-6-8/h2-8H,1H3;1-7H,(H,17,18). The summed E-state index contributed by atoms with van der Waals surface area (Å²) in [4.78, 5) is 30.1. The molecule has 0 radical (unpaired) electrons. The minimum atomic E-state index is -1.13. The number of nitrogens with zero attached hydrogens (tertiary/aromatic N) is 8. The molecule has 1 N–H and O–H groups in total.